The molecule has 14 heavy (non-hydrogen) atoms. The minimum Gasteiger partial charge on any atom is -0.469 e. The first-order valence-electron chi connectivity index (χ1n) is 4.77. The molecule has 0 N–H and O–H groups in total. The summed E-state index contributed by atoms with van der Waals surface area (Å²) in [6.07, 6.45) is 0.444. The van der Waals surface area contributed by atoms with Gasteiger partial charge in [-0.25, -0.2) is 0 Å². The Bertz CT molecular complexity index is 301. The van der Waals surface area contributed by atoms with Crippen molar-refractivity contribution in [3.05, 3.63) is 35.4 Å². The molecule has 1 rings (SSSR count). The van der Waals surface area contributed by atoms with Crippen LogP contribution in [0, 0.1) is 6.92 Å². The lowest BCUT2D eigenvalue weighted by molar-refractivity contribution is -0.140. The number of methoxy groups -OCH3 is 1. The molecule has 1 atom stereocenters. The van der Waals surface area contributed by atoms with Crippen molar-refractivity contribution in [2.24, 2.45) is 0 Å². The van der Waals surface area contributed by atoms with Gasteiger partial charge in [-0.15, -0.1) is 0 Å². The van der Waals surface area contributed by atoms with Crippen LogP contribution in [0.3, 0.4) is 0 Å². The summed E-state index contributed by atoms with van der Waals surface area (Å²) in [4.78, 5) is 11.0. The number of hydrogen-bond acceptors (Lipinski definition) is 2. The SMILES string of the molecule is COC(=O)CC(C)c1ccc(C)cc1. The second-order valence-corrected chi connectivity index (χ2v) is 3.59. The second-order valence-electron chi connectivity index (χ2n) is 3.59. The van der Waals surface area contributed by atoms with Crippen molar-refractivity contribution >= 4 is 5.97 Å². The Morgan fingerprint density at radius 3 is 2.43 bits per heavy atom. The molecular formula is C12H16O2. The van der Waals surface area contributed by atoms with Crippen LogP contribution in [-0.2, 0) is 9.53 Å². The molecule has 0 radical (unpaired) electrons. The monoisotopic (exact) mass is 192 g/mol. The van der Waals surface area contributed by atoms with Crippen LogP contribution in [-0.4, -0.2) is 13.1 Å². The van der Waals surface area contributed by atoms with Gasteiger partial charge in [0.2, 0.25) is 0 Å². The summed E-state index contributed by atoms with van der Waals surface area (Å²) in [6.45, 7) is 4.08. The fourth-order valence-electron chi connectivity index (χ4n) is 1.35. The van der Waals surface area contributed by atoms with Gasteiger partial charge in [0.1, 0.15) is 0 Å². The molecule has 0 bridgehead atoms. The molecule has 2 heteroatoms. The van der Waals surface area contributed by atoms with Crippen LogP contribution in [0.1, 0.15) is 30.4 Å². The fraction of sp³-hybridized carbons (Fsp3) is 0.417. The molecule has 0 fully saturated rings. The number of ether oxygens (including phenoxy) is 1. The van der Waals surface area contributed by atoms with Crippen molar-refractivity contribution in [2.45, 2.75) is 26.2 Å². The first-order valence-corrected chi connectivity index (χ1v) is 4.77. The zero-order valence-corrected chi connectivity index (χ0v) is 8.91. The molecule has 1 aromatic rings. The van der Waals surface area contributed by atoms with E-state index in [1.165, 1.54) is 18.2 Å². The van der Waals surface area contributed by atoms with Crippen LogP contribution < -0.4 is 0 Å². The first kappa shape index (κ1) is 10.8. The lowest BCUT2D eigenvalue weighted by Crippen LogP contribution is -2.05. The number of aryl methyl sites for hydroxylation is 1. The average molecular weight is 192 g/mol. The number of carbonyl (C=O) groups is 1. The molecule has 0 aliphatic carbocycles. The number of rotatable bonds is 3. The summed E-state index contributed by atoms with van der Waals surface area (Å²) in [5, 5.41) is 0. The predicted octanol–water partition coefficient (Wildman–Crippen LogP) is 2.66. The van der Waals surface area contributed by atoms with E-state index in [0.29, 0.717) is 6.42 Å². The molecule has 0 aromatic heterocycles. The highest BCUT2D eigenvalue weighted by molar-refractivity contribution is 5.70. The Morgan fingerprint density at radius 2 is 1.93 bits per heavy atom. The predicted molar refractivity (Wildman–Crippen MR) is 56.2 cm³/mol. The molecule has 0 saturated carbocycles. The van der Waals surface area contributed by atoms with Gasteiger partial charge in [0.25, 0.3) is 0 Å². The highest BCUT2D eigenvalue weighted by atomic mass is 16.5. The maximum atomic E-state index is 11.0. The van der Waals surface area contributed by atoms with E-state index in [9.17, 15) is 4.79 Å². The minimum atomic E-state index is -0.155. The molecule has 0 heterocycles. The summed E-state index contributed by atoms with van der Waals surface area (Å²) in [6, 6.07) is 8.23. The Morgan fingerprint density at radius 1 is 1.36 bits per heavy atom. The summed E-state index contributed by atoms with van der Waals surface area (Å²) in [5.41, 5.74) is 2.42. The molecule has 1 aromatic carbocycles. The molecule has 1 unspecified atom stereocenters. The molecule has 0 aliphatic rings. The first-order chi connectivity index (χ1) is 6.63. The lowest BCUT2D eigenvalue weighted by atomic mass is 9.97. The summed E-state index contributed by atoms with van der Waals surface area (Å²) in [5.74, 6) is 0.0705. The third-order valence-electron chi connectivity index (χ3n) is 2.35. The molecule has 0 spiro atoms. The van der Waals surface area contributed by atoms with Crippen molar-refractivity contribution in [1.82, 2.24) is 0 Å². The van der Waals surface area contributed by atoms with Gasteiger partial charge in [-0.05, 0) is 18.4 Å². The van der Waals surface area contributed by atoms with Crippen LogP contribution in [0.15, 0.2) is 24.3 Å². The van der Waals surface area contributed by atoms with Gasteiger partial charge in [0.05, 0.1) is 13.5 Å². The molecular weight excluding hydrogens is 176 g/mol. The largest absolute Gasteiger partial charge is 0.469 e. The summed E-state index contributed by atoms with van der Waals surface area (Å²) < 4.78 is 4.63. The highest BCUT2D eigenvalue weighted by Gasteiger charge is 2.10. The molecule has 76 valence electrons. The van der Waals surface area contributed by atoms with Gasteiger partial charge in [0.15, 0.2) is 0 Å². The maximum Gasteiger partial charge on any atom is 0.306 e. The Labute approximate surface area is 84.9 Å². The topological polar surface area (TPSA) is 26.3 Å². The number of benzene rings is 1. The van der Waals surface area contributed by atoms with Gasteiger partial charge in [-0.1, -0.05) is 36.8 Å². The van der Waals surface area contributed by atoms with Crippen molar-refractivity contribution in [3.8, 4) is 0 Å². The Balaban J connectivity index is 2.65. The molecule has 0 aliphatic heterocycles. The number of carbonyl (C=O) groups excluding carboxylic acids is 1. The second kappa shape index (κ2) is 4.80. The fourth-order valence-corrected chi connectivity index (χ4v) is 1.35. The number of esters is 1. The Hall–Kier alpha value is -1.31. The van der Waals surface area contributed by atoms with Gasteiger partial charge >= 0.3 is 5.97 Å². The normalized spacial score (nSPS) is 12.2. The van der Waals surface area contributed by atoms with Crippen molar-refractivity contribution in [3.63, 3.8) is 0 Å². The van der Waals surface area contributed by atoms with Crippen molar-refractivity contribution in [2.75, 3.05) is 7.11 Å². The Kier molecular flexibility index (Phi) is 3.69. The zero-order valence-electron chi connectivity index (χ0n) is 8.91. The third-order valence-corrected chi connectivity index (χ3v) is 2.35. The van der Waals surface area contributed by atoms with E-state index in [2.05, 4.69) is 35.9 Å². The van der Waals surface area contributed by atoms with Gasteiger partial charge < -0.3 is 4.74 Å². The maximum absolute atomic E-state index is 11.0. The lowest BCUT2D eigenvalue weighted by Gasteiger charge is -2.10. The van der Waals surface area contributed by atoms with E-state index in [4.69, 9.17) is 0 Å². The van der Waals surface area contributed by atoms with E-state index in [1.807, 2.05) is 6.92 Å². The van der Waals surface area contributed by atoms with E-state index in [0.717, 1.165) is 0 Å². The molecule has 0 saturated heterocycles. The molecule has 2 nitrogen and oxygen atoms in total. The van der Waals surface area contributed by atoms with Crippen LogP contribution in [0.25, 0.3) is 0 Å². The third kappa shape index (κ3) is 2.87. The van der Waals surface area contributed by atoms with E-state index in [1.54, 1.807) is 0 Å². The minimum absolute atomic E-state index is 0.155. The van der Waals surface area contributed by atoms with Crippen LogP contribution >= 0.6 is 0 Å². The zero-order chi connectivity index (χ0) is 10.6. The number of hydrogen-bond donors (Lipinski definition) is 0. The van der Waals surface area contributed by atoms with Gasteiger partial charge in [0, 0.05) is 0 Å². The van der Waals surface area contributed by atoms with E-state index >= 15 is 0 Å². The highest BCUT2D eigenvalue weighted by Crippen LogP contribution is 2.19. The van der Waals surface area contributed by atoms with E-state index in [-0.39, 0.29) is 11.9 Å². The van der Waals surface area contributed by atoms with Gasteiger partial charge in [-0.2, -0.15) is 0 Å². The summed E-state index contributed by atoms with van der Waals surface area (Å²) in [7, 11) is 1.42. The van der Waals surface area contributed by atoms with Crippen molar-refractivity contribution < 1.29 is 9.53 Å². The standard InChI is InChI=1S/C12H16O2/c1-9-4-6-11(7-5-9)10(2)8-12(13)14-3/h4-7,10H,8H2,1-3H3. The van der Waals surface area contributed by atoms with Crippen LogP contribution in [0.4, 0.5) is 0 Å². The molecule has 0 amide bonds. The van der Waals surface area contributed by atoms with Gasteiger partial charge in [-0.3, -0.25) is 4.79 Å². The smallest absolute Gasteiger partial charge is 0.306 e. The average Bonchev–Trinajstić information content (AvgIpc) is 2.18. The van der Waals surface area contributed by atoms with E-state index < -0.39 is 0 Å². The summed E-state index contributed by atoms with van der Waals surface area (Å²) >= 11 is 0. The van der Waals surface area contributed by atoms with Crippen molar-refractivity contribution in [1.29, 1.82) is 0 Å². The van der Waals surface area contributed by atoms with Crippen LogP contribution in [0.2, 0.25) is 0 Å². The quantitative estimate of drug-likeness (QED) is 0.688. The van der Waals surface area contributed by atoms with Crippen LogP contribution in [0.5, 0.6) is 0 Å².